The molecule has 0 aromatic heterocycles. The molecule has 0 amide bonds. The highest BCUT2D eigenvalue weighted by Crippen LogP contribution is 2.29. The zero-order chi connectivity index (χ0) is 13.0. The molecule has 4 nitrogen and oxygen atoms in total. The molecular weight excluding hydrogens is 254 g/mol. The van der Waals surface area contributed by atoms with Gasteiger partial charge in [-0.1, -0.05) is 42.5 Å². The van der Waals surface area contributed by atoms with Crippen molar-refractivity contribution in [2.75, 3.05) is 0 Å². The molecule has 0 fully saturated rings. The zero-order valence-electron chi connectivity index (χ0n) is 9.53. The first-order valence-corrected chi connectivity index (χ1v) is 5.85. The van der Waals surface area contributed by atoms with Crippen LogP contribution in [0.2, 0.25) is 0 Å². The summed E-state index contributed by atoms with van der Waals surface area (Å²) in [4.78, 5) is 8.75. The van der Waals surface area contributed by atoms with Crippen LogP contribution in [-0.2, 0) is 11.3 Å². The van der Waals surface area contributed by atoms with Crippen molar-refractivity contribution in [1.82, 2.24) is 0 Å². The van der Waals surface area contributed by atoms with Crippen molar-refractivity contribution < 1.29 is 9.66 Å². The molecule has 1 aliphatic carbocycles. The lowest BCUT2D eigenvalue weighted by molar-refractivity contribution is -0.538. The van der Waals surface area contributed by atoms with E-state index in [1.165, 1.54) is 6.08 Å². The third kappa shape index (κ3) is 2.60. The fourth-order valence-electron chi connectivity index (χ4n) is 1.68. The van der Waals surface area contributed by atoms with Crippen LogP contribution in [-0.4, -0.2) is 16.0 Å². The predicted octanol–water partition coefficient (Wildman–Crippen LogP) is 2.91. The van der Waals surface area contributed by atoms with Gasteiger partial charge in [-0.05, 0) is 23.2 Å². The van der Waals surface area contributed by atoms with E-state index in [0.717, 1.165) is 5.56 Å². The Morgan fingerprint density at radius 2 is 2.06 bits per heavy atom. The molecule has 0 saturated heterocycles. The third-order valence-corrected chi connectivity index (χ3v) is 3.16. The van der Waals surface area contributed by atoms with Gasteiger partial charge in [0.15, 0.2) is 6.10 Å². The Kier molecular flexibility index (Phi) is 3.79. The van der Waals surface area contributed by atoms with Gasteiger partial charge in [-0.25, -0.2) is 0 Å². The molecule has 18 heavy (non-hydrogen) atoms. The lowest BCUT2D eigenvalue weighted by atomic mass is 10.1. The number of rotatable bonds is 4. The van der Waals surface area contributed by atoms with E-state index in [1.807, 2.05) is 30.3 Å². The van der Waals surface area contributed by atoms with E-state index >= 15 is 0 Å². The quantitative estimate of drug-likeness (QED) is 0.364. The summed E-state index contributed by atoms with van der Waals surface area (Å²) in [5.41, 5.74) is 0.947. The number of allylic oxidation sites excluding steroid dienone is 2. The van der Waals surface area contributed by atoms with Gasteiger partial charge in [0.05, 0.1) is 11.5 Å². The molecule has 0 radical (unpaired) electrons. The van der Waals surface area contributed by atoms with E-state index in [2.05, 4.69) is 0 Å². The van der Waals surface area contributed by atoms with E-state index in [9.17, 15) is 10.1 Å². The van der Waals surface area contributed by atoms with Crippen LogP contribution in [0.5, 0.6) is 0 Å². The summed E-state index contributed by atoms with van der Waals surface area (Å²) in [5, 5.41) is 11.0. The predicted molar refractivity (Wildman–Crippen MR) is 68.9 cm³/mol. The van der Waals surface area contributed by atoms with Crippen LogP contribution in [0.1, 0.15) is 5.56 Å². The topological polar surface area (TPSA) is 52.4 Å². The highest BCUT2D eigenvalue weighted by atomic mass is 35.5. The summed E-state index contributed by atoms with van der Waals surface area (Å²) in [6, 6.07) is 9.46. The molecular formula is C13H12ClNO3. The van der Waals surface area contributed by atoms with E-state index in [4.69, 9.17) is 16.3 Å². The molecule has 5 heteroatoms. The van der Waals surface area contributed by atoms with E-state index in [-0.39, 0.29) is 6.61 Å². The van der Waals surface area contributed by atoms with Crippen molar-refractivity contribution in [3.63, 3.8) is 0 Å². The standard InChI is InChI=1S/C13H12ClNO3/c14-13(15(16)17)9-5-4-8-12(13)18-10-11-6-2-1-3-7-11/h1-9,12H,10H2. The Labute approximate surface area is 110 Å². The maximum Gasteiger partial charge on any atom is 0.343 e. The molecule has 94 valence electrons. The monoisotopic (exact) mass is 265 g/mol. The van der Waals surface area contributed by atoms with Crippen molar-refractivity contribution >= 4 is 11.6 Å². The minimum Gasteiger partial charge on any atom is -0.360 e. The number of ether oxygens (including phenoxy) is 1. The van der Waals surface area contributed by atoms with Crippen molar-refractivity contribution in [3.8, 4) is 0 Å². The Morgan fingerprint density at radius 1 is 1.33 bits per heavy atom. The van der Waals surface area contributed by atoms with Crippen molar-refractivity contribution in [2.24, 2.45) is 0 Å². The van der Waals surface area contributed by atoms with Gasteiger partial charge in [-0.2, -0.15) is 0 Å². The average Bonchev–Trinajstić information content (AvgIpc) is 2.39. The number of hydrogen-bond acceptors (Lipinski definition) is 3. The molecule has 2 rings (SSSR count). The van der Waals surface area contributed by atoms with Crippen LogP contribution in [0, 0.1) is 10.1 Å². The highest BCUT2D eigenvalue weighted by Gasteiger charge is 2.47. The second kappa shape index (κ2) is 5.33. The third-order valence-electron chi connectivity index (χ3n) is 2.68. The second-order valence-corrected chi connectivity index (χ2v) is 4.55. The Balaban J connectivity index is 2.06. The molecule has 0 spiro atoms. The second-order valence-electron chi connectivity index (χ2n) is 3.95. The van der Waals surface area contributed by atoms with Crippen molar-refractivity contribution in [2.45, 2.75) is 17.7 Å². The smallest absolute Gasteiger partial charge is 0.343 e. The van der Waals surface area contributed by atoms with Crippen molar-refractivity contribution in [3.05, 3.63) is 70.3 Å². The summed E-state index contributed by atoms with van der Waals surface area (Å²) in [7, 11) is 0. The maximum atomic E-state index is 11.0. The lowest BCUT2D eigenvalue weighted by Gasteiger charge is -2.24. The molecule has 0 bridgehead atoms. The number of nitro groups is 1. The first kappa shape index (κ1) is 12.8. The maximum absolute atomic E-state index is 11.0. The van der Waals surface area contributed by atoms with Gasteiger partial charge in [-0.3, -0.25) is 10.1 Å². The molecule has 2 unspecified atom stereocenters. The van der Waals surface area contributed by atoms with Gasteiger partial charge in [0.1, 0.15) is 0 Å². The van der Waals surface area contributed by atoms with Crippen LogP contribution in [0.25, 0.3) is 0 Å². The number of nitrogens with zero attached hydrogens (tertiary/aromatic N) is 1. The fraction of sp³-hybridized carbons (Fsp3) is 0.231. The Hall–Kier alpha value is -1.65. The van der Waals surface area contributed by atoms with E-state index in [1.54, 1.807) is 18.2 Å². The number of hydrogen-bond donors (Lipinski definition) is 0. The van der Waals surface area contributed by atoms with Crippen LogP contribution in [0.4, 0.5) is 0 Å². The Bertz CT molecular complexity index is 486. The number of benzene rings is 1. The summed E-state index contributed by atoms with van der Waals surface area (Å²) in [5.74, 6) is 0. The molecule has 2 atom stereocenters. The number of alkyl halides is 1. The van der Waals surface area contributed by atoms with Crippen LogP contribution in [0.15, 0.2) is 54.6 Å². The van der Waals surface area contributed by atoms with Crippen molar-refractivity contribution in [1.29, 1.82) is 0 Å². The summed E-state index contributed by atoms with van der Waals surface area (Å²) in [6.07, 6.45) is 5.40. The molecule has 1 aromatic carbocycles. The number of halogens is 1. The molecule has 0 saturated carbocycles. The molecule has 0 N–H and O–H groups in total. The first-order valence-electron chi connectivity index (χ1n) is 5.48. The summed E-state index contributed by atoms with van der Waals surface area (Å²) in [6.45, 7) is 0.284. The molecule has 0 aliphatic heterocycles. The van der Waals surface area contributed by atoms with Gasteiger partial charge in [0.2, 0.25) is 0 Å². The zero-order valence-corrected chi connectivity index (χ0v) is 10.3. The van der Waals surface area contributed by atoms with E-state index in [0.29, 0.717) is 0 Å². The first-order chi connectivity index (χ1) is 8.63. The van der Waals surface area contributed by atoms with Crippen LogP contribution in [0.3, 0.4) is 0 Å². The van der Waals surface area contributed by atoms with Gasteiger partial charge >= 0.3 is 5.00 Å². The molecule has 0 heterocycles. The minimum absolute atomic E-state index is 0.284. The SMILES string of the molecule is O=[N+]([O-])C1(Cl)C=CC=CC1OCc1ccccc1. The minimum atomic E-state index is -1.72. The average molecular weight is 266 g/mol. The van der Waals surface area contributed by atoms with Gasteiger partial charge in [0, 0.05) is 6.08 Å². The Morgan fingerprint density at radius 3 is 2.72 bits per heavy atom. The van der Waals surface area contributed by atoms with Gasteiger partial charge < -0.3 is 4.74 Å². The summed E-state index contributed by atoms with van der Waals surface area (Å²) >= 11 is 5.98. The lowest BCUT2D eigenvalue weighted by Crippen LogP contribution is -2.44. The normalized spacial score (nSPS) is 26.2. The summed E-state index contributed by atoms with van der Waals surface area (Å²) < 4.78 is 5.53. The van der Waals surface area contributed by atoms with Gasteiger partial charge in [0.25, 0.3) is 0 Å². The van der Waals surface area contributed by atoms with Gasteiger partial charge in [-0.15, -0.1) is 0 Å². The molecule has 1 aliphatic rings. The largest absolute Gasteiger partial charge is 0.360 e. The molecule has 1 aromatic rings. The van der Waals surface area contributed by atoms with E-state index < -0.39 is 16.0 Å². The van der Waals surface area contributed by atoms with Crippen LogP contribution >= 0.6 is 11.6 Å². The fourth-order valence-corrected chi connectivity index (χ4v) is 1.89. The van der Waals surface area contributed by atoms with Crippen LogP contribution < -0.4 is 0 Å². The highest BCUT2D eigenvalue weighted by molar-refractivity contribution is 6.24.